The largest absolute Gasteiger partial charge is 0.270 e. The Bertz CT molecular complexity index is 319. The van der Waals surface area contributed by atoms with Gasteiger partial charge in [-0.15, -0.1) is 0 Å². The van der Waals surface area contributed by atoms with Crippen LogP contribution in [0, 0.1) is 6.92 Å². The van der Waals surface area contributed by atoms with Crippen molar-refractivity contribution in [1.82, 2.24) is 4.98 Å². The van der Waals surface area contributed by atoms with Crippen LogP contribution < -0.4 is 0 Å². The van der Waals surface area contributed by atoms with Gasteiger partial charge in [0.2, 0.25) is 0 Å². The van der Waals surface area contributed by atoms with Crippen LogP contribution in [0.3, 0.4) is 0 Å². The van der Waals surface area contributed by atoms with E-state index in [1.165, 1.54) is 12.3 Å². The van der Waals surface area contributed by atoms with Crippen molar-refractivity contribution in [3.63, 3.8) is 0 Å². The monoisotopic (exact) mass is 189 g/mol. The molecule has 0 unspecified atom stereocenters. The van der Waals surface area contributed by atoms with Crippen LogP contribution in [0.5, 0.6) is 0 Å². The molecule has 12 heavy (non-hydrogen) atoms. The second-order valence-electron chi connectivity index (χ2n) is 2.27. The minimum Gasteiger partial charge on any atom is -0.259 e. The smallest absolute Gasteiger partial charge is 0.259 e. The summed E-state index contributed by atoms with van der Waals surface area (Å²) in [4.78, 5) is 3.82. The van der Waals surface area contributed by atoms with Crippen molar-refractivity contribution >= 4 is 17.7 Å². The molecule has 0 aliphatic rings. The maximum Gasteiger partial charge on any atom is 0.270 e. The summed E-state index contributed by atoms with van der Waals surface area (Å²) in [6.45, 7) is 1.71. The molecule has 0 saturated heterocycles. The summed E-state index contributed by atoms with van der Waals surface area (Å²) in [6.07, 6.45) is 0.315. The van der Waals surface area contributed by atoms with Crippen LogP contribution in [0.4, 0.5) is 8.78 Å². The van der Waals surface area contributed by atoms with E-state index < -0.39 is 6.08 Å². The van der Waals surface area contributed by atoms with Crippen molar-refractivity contribution in [2.45, 2.75) is 6.92 Å². The predicted molar refractivity (Wildman–Crippen MR) is 44.2 cm³/mol. The highest BCUT2D eigenvalue weighted by molar-refractivity contribution is 6.31. The van der Waals surface area contributed by atoms with Gasteiger partial charge >= 0.3 is 0 Å². The van der Waals surface area contributed by atoms with Crippen LogP contribution in [0.1, 0.15) is 11.3 Å². The van der Waals surface area contributed by atoms with E-state index in [4.69, 9.17) is 11.6 Å². The average Bonchev–Trinajstić information content (AvgIpc) is 1.96. The summed E-state index contributed by atoms with van der Waals surface area (Å²) < 4.78 is 23.5. The molecule has 0 fully saturated rings. The Hall–Kier alpha value is -0.960. The second-order valence-corrected chi connectivity index (χ2v) is 2.68. The standard InChI is InChI=1S/C8H6ClF2N/c1-5-7(9)2-6(4-12-5)3-8(10)11/h2-4H,1H3. The molecule has 1 aromatic heterocycles. The molecule has 0 spiro atoms. The van der Waals surface area contributed by atoms with E-state index in [1.807, 2.05) is 0 Å². The van der Waals surface area contributed by atoms with E-state index in [0.29, 0.717) is 16.3 Å². The molecule has 0 amide bonds. The number of halogens is 3. The highest BCUT2D eigenvalue weighted by Gasteiger charge is 1.98. The normalized spacial score (nSPS) is 9.67. The van der Waals surface area contributed by atoms with E-state index in [9.17, 15) is 8.78 Å². The Morgan fingerprint density at radius 1 is 1.58 bits per heavy atom. The lowest BCUT2D eigenvalue weighted by molar-refractivity contribution is 0.429. The Balaban J connectivity index is 3.05. The molecule has 0 aliphatic heterocycles. The molecule has 64 valence electrons. The third kappa shape index (κ3) is 2.27. The van der Waals surface area contributed by atoms with Gasteiger partial charge in [0, 0.05) is 12.3 Å². The van der Waals surface area contributed by atoms with Crippen molar-refractivity contribution in [2.75, 3.05) is 0 Å². The van der Waals surface area contributed by atoms with Gasteiger partial charge in [-0.3, -0.25) is 4.98 Å². The first-order chi connectivity index (χ1) is 5.59. The fraction of sp³-hybridized carbons (Fsp3) is 0.125. The van der Waals surface area contributed by atoms with Crippen LogP contribution in [-0.2, 0) is 0 Å². The summed E-state index contributed by atoms with van der Waals surface area (Å²) in [5.74, 6) is 0. The second kappa shape index (κ2) is 3.63. The first-order valence-electron chi connectivity index (χ1n) is 3.24. The molecule has 1 nitrogen and oxygen atoms in total. The predicted octanol–water partition coefficient (Wildman–Crippen LogP) is 3.28. The van der Waals surface area contributed by atoms with Gasteiger partial charge in [-0.05, 0) is 18.6 Å². The minimum atomic E-state index is -1.75. The molecule has 1 heterocycles. The average molecular weight is 190 g/mol. The van der Waals surface area contributed by atoms with Crippen molar-refractivity contribution in [3.8, 4) is 0 Å². The highest BCUT2D eigenvalue weighted by Crippen LogP contribution is 2.16. The number of hydrogen-bond acceptors (Lipinski definition) is 1. The first kappa shape index (κ1) is 9.13. The molecule has 4 heteroatoms. The van der Waals surface area contributed by atoms with E-state index >= 15 is 0 Å². The van der Waals surface area contributed by atoms with Crippen molar-refractivity contribution < 1.29 is 8.78 Å². The third-order valence-electron chi connectivity index (χ3n) is 1.32. The lowest BCUT2D eigenvalue weighted by Gasteiger charge is -1.96. The lowest BCUT2D eigenvalue weighted by atomic mass is 10.2. The van der Waals surface area contributed by atoms with Crippen molar-refractivity contribution in [1.29, 1.82) is 0 Å². The van der Waals surface area contributed by atoms with E-state index in [-0.39, 0.29) is 0 Å². The van der Waals surface area contributed by atoms with Gasteiger partial charge in [-0.1, -0.05) is 11.6 Å². The fourth-order valence-corrected chi connectivity index (χ4v) is 0.901. The molecule has 0 N–H and O–H groups in total. The van der Waals surface area contributed by atoms with Crippen LogP contribution in [0.15, 0.2) is 18.3 Å². The molecular formula is C8H6ClF2N. The Morgan fingerprint density at radius 3 is 2.75 bits per heavy atom. The molecule has 0 atom stereocenters. The van der Waals surface area contributed by atoms with Crippen LogP contribution in [0.25, 0.3) is 6.08 Å². The number of rotatable bonds is 1. The Labute approximate surface area is 73.7 Å². The number of hydrogen-bond donors (Lipinski definition) is 0. The lowest BCUT2D eigenvalue weighted by Crippen LogP contribution is -1.83. The zero-order chi connectivity index (χ0) is 9.14. The summed E-state index contributed by atoms with van der Waals surface area (Å²) in [6, 6.07) is 1.45. The molecule has 0 aromatic carbocycles. The number of aryl methyl sites for hydroxylation is 1. The maximum absolute atomic E-state index is 11.7. The minimum absolute atomic E-state index is 0.311. The van der Waals surface area contributed by atoms with Gasteiger partial charge < -0.3 is 0 Å². The van der Waals surface area contributed by atoms with Crippen LogP contribution in [-0.4, -0.2) is 4.98 Å². The van der Waals surface area contributed by atoms with Gasteiger partial charge in [-0.25, -0.2) is 0 Å². The van der Waals surface area contributed by atoms with E-state index in [0.717, 1.165) is 6.08 Å². The van der Waals surface area contributed by atoms with Gasteiger partial charge in [0.1, 0.15) is 0 Å². The molecule has 0 aliphatic carbocycles. The number of nitrogens with zero attached hydrogens (tertiary/aromatic N) is 1. The van der Waals surface area contributed by atoms with Gasteiger partial charge in [0.25, 0.3) is 6.08 Å². The Kier molecular flexibility index (Phi) is 2.76. The van der Waals surface area contributed by atoms with E-state index in [1.54, 1.807) is 6.92 Å². The fourth-order valence-electron chi connectivity index (χ4n) is 0.726. The van der Waals surface area contributed by atoms with Crippen LogP contribution in [0.2, 0.25) is 5.02 Å². The molecule has 1 rings (SSSR count). The quantitative estimate of drug-likeness (QED) is 0.661. The molecule has 0 bridgehead atoms. The zero-order valence-electron chi connectivity index (χ0n) is 6.31. The summed E-state index contributed by atoms with van der Waals surface area (Å²) in [5.41, 5.74) is 0.943. The van der Waals surface area contributed by atoms with E-state index in [2.05, 4.69) is 4.98 Å². The summed E-state index contributed by atoms with van der Waals surface area (Å²) in [7, 11) is 0. The first-order valence-corrected chi connectivity index (χ1v) is 3.62. The molecular weight excluding hydrogens is 184 g/mol. The number of pyridine rings is 1. The van der Waals surface area contributed by atoms with Gasteiger partial charge in [0.15, 0.2) is 0 Å². The molecule has 0 saturated carbocycles. The molecule has 1 aromatic rings. The maximum atomic E-state index is 11.7. The topological polar surface area (TPSA) is 12.9 Å². The van der Waals surface area contributed by atoms with Crippen LogP contribution >= 0.6 is 11.6 Å². The van der Waals surface area contributed by atoms with Gasteiger partial charge in [0.05, 0.1) is 10.7 Å². The zero-order valence-corrected chi connectivity index (χ0v) is 7.07. The highest BCUT2D eigenvalue weighted by atomic mass is 35.5. The Morgan fingerprint density at radius 2 is 2.25 bits per heavy atom. The summed E-state index contributed by atoms with van der Waals surface area (Å²) in [5, 5.41) is 0.394. The SMILES string of the molecule is Cc1ncc(C=C(F)F)cc1Cl. The number of aromatic nitrogens is 1. The summed E-state index contributed by atoms with van der Waals surface area (Å²) >= 11 is 5.66. The van der Waals surface area contributed by atoms with Crippen molar-refractivity contribution in [3.05, 3.63) is 34.6 Å². The third-order valence-corrected chi connectivity index (χ3v) is 1.70. The molecule has 0 radical (unpaired) electrons. The van der Waals surface area contributed by atoms with Crippen molar-refractivity contribution in [2.24, 2.45) is 0 Å². The van der Waals surface area contributed by atoms with Gasteiger partial charge in [-0.2, -0.15) is 8.78 Å².